The molecule has 0 unspecified atom stereocenters. The average molecular weight is 654 g/mol. The van der Waals surface area contributed by atoms with Crippen molar-refractivity contribution in [3.63, 3.8) is 0 Å². The summed E-state index contributed by atoms with van der Waals surface area (Å²) in [6.45, 7) is 3.81. The van der Waals surface area contributed by atoms with E-state index < -0.39 is 17.5 Å². The lowest BCUT2D eigenvalue weighted by Crippen LogP contribution is -2.27. The normalized spacial score (nSPS) is 12.8. The van der Waals surface area contributed by atoms with Gasteiger partial charge in [-0.15, -0.1) is 0 Å². The molecule has 0 spiro atoms. The number of aromatic hydroxyl groups is 1. The molecular formula is C30H28FIN4O4. The first-order valence-electron chi connectivity index (χ1n) is 12.7. The number of ether oxygens (including phenoxy) is 1. The molecule has 5 aromatic rings. The van der Waals surface area contributed by atoms with E-state index in [0.29, 0.717) is 34.1 Å². The number of imidazole rings is 2. The fourth-order valence-corrected chi connectivity index (χ4v) is 5.32. The molecule has 10 heteroatoms. The Morgan fingerprint density at radius 2 is 1.80 bits per heavy atom. The lowest BCUT2D eigenvalue weighted by Gasteiger charge is -2.24. The first-order chi connectivity index (χ1) is 19.3. The smallest absolute Gasteiger partial charge is 0.329 e. The van der Waals surface area contributed by atoms with Crippen LogP contribution in [0.5, 0.6) is 11.6 Å². The second kappa shape index (κ2) is 11.7. The summed E-state index contributed by atoms with van der Waals surface area (Å²) in [5.41, 5.74) is 2.67. The molecule has 0 fully saturated rings. The van der Waals surface area contributed by atoms with Crippen LogP contribution in [0.4, 0.5) is 4.39 Å². The first kappa shape index (κ1) is 27.7. The molecule has 206 valence electrons. The number of rotatable bonds is 9. The van der Waals surface area contributed by atoms with Gasteiger partial charge >= 0.3 is 5.69 Å². The third kappa shape index (κ3) is 5.41. The van der Waals surface area contributed by atoms with Gasteiger partial charge in [-0.1, -0.05) is 37.3 Å². The van der Waals surface area contributed by atoms with Gasteiger partial charge < -0.3 is 24.9 Å². The molecule has 0 aliphatic rings. The molecule has 0 amide bonds. The molecule has 40 heavy (non-hydrogen) atoms. The minimum Gasteiger partial charge on any atom is -0.493 e. The maximum absolute atomic E-state index is 14.9. The van der Waals surface area contributed by atoms with Crippen LogP contribution in [-0.4, -0.2) is 42.9 Å². The quantitative estimate of drug-likeness (QED) is 0.151. The first-order valence-corrected chi connectivity index (χ1v) is 13.8. The number of aliphatic hydroxyl groups is 1. The standard InChI is InChI=1S/C30H28FIN4O4/c1-17(19-6-4-3-5-7-19)27(28-33-18(2)25(34-28)23-13-10-21(32)16-24(23)31)36-29(38)26(35-30(36)39)20-8-11-22(12-9-20)40-15-14-37/h3-13,16-17,27,37-38H,14-15H2,1-2H3,(H,33,34)(H,35,39)/t17-,27-/m0/s1. The number of hydrogen-bond acceptors (Lipinski definition) is 5. The SMILES string of the molecule is Cc1[nH]c([C@H]([C@@H](C)c2ccccc2)n2c(O)c(-c3ccc(OCCO)cc3)[nH]c2=O)nc1-c1ccc(I)cc1F. The van der Waals surface area contributed by atoms with Gasteiger partial charge in [-0.3, -0.25) is 4.57 Å². The highest BCUT2D eigenvalue weighted by Gasteiger charge is 2.32. The number of aliphatic hydroxyl groups excluding tert-OH is 1. The van der Waals surface area contributed by atoms with E-state index >= 15 is 0 Å². The van der Waals surface area contributed by atoms with Crippen LogP contribution in [0, 0.1) is 16.3 Å². The van der Waals surface area contributed by atoms with Crippen molar-refractivity contribution >= 4 is 22.6 Å². The lowest BCUT2D eigenvalue weighted by atomic mass is 9.92. The third-order valence-electron chi connectivity index (χ3n) is 6.85. The van der Waals surface area contributed by atoms with Gasteiger partial charge in [-0.05, 0) is 77.5 Å². The summed E-state index contributed by atoms with van der Waals surface area (Å²) >= 11 is 2.06. The van der Waals surface area contributed by atoms with Crippen LogP contribution >= 0.6 is 22.6 Å². The monoisotopic (exact) mass is 654 g/mol. The number of aryl methyl sites for hydroxylation is 1. The Hall–Kier alpha value is -3.90. The van der Waals surface area contributed by atoms with Crippen LogP contribution in [-0.2, 0) is 0 Å². The maximum Gasteiger partial charge on any atom is 0.329 e. The van der Waals surface area contributed by atoms with E-state index in [0.717, 1.165) is 9.13 Å². The summed E-state index contributed by atoms with van der Waals surface area (Å²) in [7, 11) is 0. The molecule has 3 aromatic carbocycles. The van der Waals surface area contributed by atoms with Crippen LogP contribution in [0.1, 0.15) is 36.0 Å². The Morgan fingerprint density at radius 3 is 2.48 bits per heavy atom. The Labute approximate surface area is 243 Å². The van der Waals surface area contributed by atoms with Crippen molar-refractivity contribution in [2.75, 3.05) is 13.2 Å². The van der Waals surface area contributed by atoms with Gasteiger partial charge in [0, 0.05) is 26.3 Å². The number of nitrogens with one attached hydrogen (secondary N) is 2. The zero-order valence-electron chi connectivity index (χ0n) is 21.9. The van der Waals surface area contributed by atoms with Crippen LogP contribution in [0.15, 0.2) is 77.6 Å². The molecule has 0 aliphatic heterocycles. The van der Waals surface area contributed by atoms with Gasteiger partial charge in [-0.25, -0.2) is 14.2 Å². The van der Waals surface area contributed by atoms with Crippen molar-refractivity contribution in [3.05, 3.63) is 110 Å². The van der Waals surface area contributed by atoms with E-state index in [4.69, 9.17) is 14.8 Å². The predicted molar refractivity (Wildman–Crippen MR) is 159 cm³/mol. The fraction of sp³-hybridized carbons (Fsp3) is 0.200. The molecule has 0 bridgehead atoms. The molecule has 0 radical (unpaired) electrons. The number of H-pyrrole nitrogens is 2. The van der Waals surface area contributed by atoms with E-state index in [1.807, 2.05) is 43.3 Å². The zero-order chi connectivity index (χ0) is 28.4. The largest absolute Gasteiger partial charge is 0.493 e. The molecule has 0 aliphatic carbocycles. The summed E-state index contributed by atoms with van der Waals surface area (Å²) in [6, 6.07) is 20.7. The molecule has 8 nitrogen and oxygen atoms in total. The van der Waals surface area contributed by atoms with Gasteiger partial charge in [0.2, 0.25) is 5.88 Å². The van der Waals surface area contributed by atoms with E-state index in [2.05, 4.69) is 32.6 Å². The number of halogens is 2. The predicted octanol–water partition coefficient (Wildman–Crippen LogP) is 5.76. The van der Waals surface area contributed by atoms with E-state index in [1.165, 1.54) is 10.6 Å². The minimum atomic E-state index is -0.744. The molecule has 0 saturated heterocycles. The summed E-state index contributed by atoms with van der Waals surface area (Å²) in [5, 5.41) is 20.4. The molecule has 2 atom stereocenters. The Morgan fingerprint density at radius 1 is 1.07 bits per heavy atom. The Bertz CT molecular complexity index is 1680. The van der Waals surface area contributed by atoms with Crippen LogP contribution < -0.4 is 10.4 Å². The second-order valence-corrected chi connectivity index (χ2v) is 10.7. The summed E-state index contributed by atoms with van der Waals surface area (Å²) in [5.74, 6) is 0.0187. The highest BCUT2D eigenvalue weighted by Crippen LogP contribution is 2.39. The number of hydrogen-bond donors (Lipinski definition) is 4. The average Bonchev–Trinajstić information content (AvgIpc) is 3.47. The van der Waals surface area contributed by atoms with Gasteiger partial charge in [-0.2, -0.15) is 0 Å². The van der Waals surface area contributed by atoms with Crippen LogP contribution in [0.25, 0.3) is 22.5 Å². The molecule has 2 heterocycles. The fourth-order valence-electron chi connectivity index (χ4n) is 4.87. The zero-order valence-corrected chi connectivity index (χ0v) is 24.0. The minimum absolute atomic E-state index is 0.107. The molecular weight excluding hydrogens is 626 g/mol. The van der Waals surface area contributed by atoms with Crippen molar-refractivity contribution in [1.82, 2.24) is 19.5 Å². The van der Waals surface area contributed by atoms with E-state index in [1.54, 1.807) is 37.3 Å². The lowest BCUT2D eigenvalue weighted by molar-refractivity contribution is 0.201. The van der Waals surface area contributed by atoms with Crippen molar-refractivity contribution in [2.45, 2.75) is 25.8 Å². The number of aromatic nitrogens is 4. The molecule has 0 saturated carbocycles. The van der Waals surface area contributed by atoms with E-state index in [-0.39, 0.29) is 30.7 Å². The highest BCUT2D eigenvalue weighted by atomic mass is 127. The highest BCUT2D eigenvalue weighted by molar-refractivity contribution is 14.1. The van der Waals surface area contributed by atoms with Gasteiger partial charge in [0.1, 0.15) is 35.7 Å². The Balaban J connectivity index is 1.62. The molecule has 4 N–H and O–H groups in total. The van der Waals surface area contributed by atoms with Crippen molar-refractivity contribution in [1.29, 1.82) is 0 Å². The molecule has 5 rings (SSSR count). The third-order valence-corrected chi connectivity index (χ3v) is 7.52. The summed E-state index contributed by atoms with van der Waals surface area (Å²) in [4.78, 5) is 24.3. The summed E-state index contributed by atoms with van der Waals surface area (Å²) in [6.07, 6.45) is 0. The van der Waals surface area contributed by atoms with Crippen LogP contribution in [0.3, 0.4) is 0 Å². The van der Waals surface area contributed by atoms with Gasteiger partial charge in [0.25, 0.3) is 0 Å². The van der Waals surface area contributed by atoms with Crippen LogP contribution in [0.2, 0.25) is 0 Å². The van der Waals surface area contributed by atoms with Gasteiger partial charge in [0.15, 0.2) is 0 Å². The summed E-state index contributed by atoms with van der Waals surface area (Å²) < 4.78 is 22.4. The van der Waals surface area contributed by atoms with Crippen molar-refractivity contribution < 1.29 is 19.3 Å². The topological polar surface area (TPSA) is 116 Å². The number of nitrogens with zero attached hydrogens (tertiary/aromatic N) is 2. The number of aromatic amines is 2. The van der Waals surface area contributed by atoms with Crippen molar-refractivity contribution in [2.24, 2.45) is 0 Å². The molecule has 2 aromatic heterocycles. The van der Waals surface area contributed by atoms with E-state index in [9.17, 15) is 14.3 Å². The van der Waals surface area contributed by atoms with Crippen molar-refractivity contribution in [3.8, 4) is 34.1 Å². The van der Waals surface area contributed by atoms with Gasteiger partial charge in [0.05, 0.1) is 12.3 Å². The second-order valence-electron chi connectivity index (χ2n) is 9.46. The Kier molecular flexibility index (Phi) is 8.08. The maximum atomic E-state index is 14.9. The number of benzene rings is 3.